The largest absolute Gasteiger partial charge is 0.309 e. The Morgan fingerprint density at radius 1 is 0.250 bits per heavy atom. The molecule has 0 amide bonds. The second kappa shape index (κ2) is 16.0. The minimum absolute atomic E-state index is 1.11. The fraction of sp³-hybridized carbons (Fsp3) is 0. The first-order valence-corrected chi connectivity index (χ1v) is 22.7. The Hall–Kier alpha value is -8.04. The number of fused-ring (bicyclic) bond motifs is 6. The molecule has 0 saturated carbocycles. The van der Waals surface area contributed by atoms with Crippen molar-refractivity contribution in [2.45, 2.75) is 0 Å². The van der Waals surface area contributed by atoms with E-state index < -0.39 is 0 Å². The Morgan fingerprint density at radius 3 is 1.25 bits per heavy atom. The molecule has 12 rings (SSSR count). The van der Waals surface area contributed by atoms with E-state index in [1.807, 2.05) is 11.3 Å². The molecule has 1 heterocycles. The van der Waals surface area contributed by atoms with Crippen molar-refractivity contribution < 1.29 is 0 Å². The highest BCUT2D eigenvalue weighted by molar-refractivity contribution is 7.26. The molecule has 0 N–H and O–H groups in total. The van der Waals surface area contributed by atoms with E-state index >= 15 is 0 Å². The minimum Gasteiger partial charge on any atom is -0.309 e. The summed E-state index contributed by atoms with van der Waals surface area (Å²) in [5.74, 6) is 0. The van der Waals surface area contributed by atoms with Crippen LogP contribution in [0, 0.1) is 0 Å². The van der Waals surface area contributed by atoms with Gasteiger partial charge in [0, 0.05) is 26.8 Å². The van der Waals surface area contributed by atoms with Gasteiger partial charge in [-0.3, -0.25) is 0 Å². The number of nitrogens with zero attached hydrogens (tertiary/aromatic N) is 1. The molecule has 0 saturated heterocycles. The van der Waals surface area contributed by atoms with Gasteiger partial charge in [-0.2, -0.15) is 0 Å². The molecule has 0 spiro atoms. The van der Waals surface area contributed by atoms with Crippen molar-refractivity contribution in [2.75, 3.05) is 4.90 Å². The van der Waals surface area contributed by atoms with E-state index in [-0.39, 0.29) is 0 Å². The van der Waals surface area contributed by atoms with Crippen molar-refractivity contribution in [1.29, 1.82) is 0 Å². The van der Waals surface area contributed by atoms with Gasteiger partial charge in [0.05, 0.1) is 10.4 Å². The topological polar surface area (TPSA) is 3.24 Å². The van der Waals surface area contributed by atoms with Crippen molar-refractivity contribution in [1.82, 2.24) is 0 Å². The molecule has 0 aliphatic rings. The van der Waals surface area contributed by atoms with E-state index in [9.17, 15) is 0 Å². The maximum atomic E-state index is 2.43. The average Bonchev–Trinajstić information content (AvgIpc) is 3.77. The van der Waals surface area contributed by atoms with Gasteiger partial charge in [0.15, 0.2) is 0 Å². The summed E-state index contributed by atoms with van der Waals surface area (Å²) in [5, 5.41) is 7.61. The number of anilines is 3. The van der Waals surface area contributed by atoms with Gasteiger partial charge < -0.3 is 4.90 Å². The number of benzene rings is 11. The quantitative estimate of drug-likeness (QED) is 0.138. The second-order valence-electron chi connectivity index (χ2n) is 16.4. The van der Waals surface area contributed by atoms with Crippen molar-refractivity contribution in [3.8, 4) is 55.6 Å². The number of hydrogen-bond donors (Lipinski definition) is 0. The summed E-state index contributed by atoms with van der Waals surface area (Å²) in [5.41, 5.74) is 15.5. The molecule has 64 heavy (non-hydrogen) atoms. The highest BCUT2D eigenvalue weighted by Crippen LogP contribution is 2.47. The smallest absolute Gasteiger partial charge is 0.0640 e. The summed E-state index contributed by atoms with van der Waals surface area (Å²) < 4.78 is 2.57. The van der Waals surface area contributed by atoms with Crippen LogP contribution in [-0.4, -0.2) is 0 Å². The Morgan fingerprint density at radius 2 is 0.656 bits per heavy atom. The van der Waals surface area contributed by atoms with Crippen LogP contribution in [-0.2, 0) is 0 Å². The SMILES string of the molecule is c1ccc(-c2ccc(-c3ccc(N(c4ccc(-c5ccc6c(c5)c(-c5ccccc5)c(-c5ccccc5)c5ccccc56)cc4)c4cccc5c4sc4ccccc45)cc3)cc2)cc1. The second-order valence-corrected chi connectivity index (χ2v) is 17.5. The Kier molecular flexibility index (Phi) is 9.43. The van der Waals surface area contributed by atoms with Crippen LogP contribution in [0.1, 0.15) is 0 Å². The highest BCUT2D eigenvalue weighted by atomic mass is 32.1. The zero-order valence-electron chi connectivity index (χ0n) is 35.0. The molecule has 0 atom stereocenters. The van der Waals surface area contributed by atoms with E-state index in [1.165, 1.54) is 103 Å². The van der Waals surface area contributed by atoms with Gasteiger partial charge >= 0.3 is 0 Å². The van der Waals surface area contributed by atoms with Gasteiger partial charge in [0.1, 0.15) is 0 Å². The molecule has 11 aromatic carbocycles. The molecule has 0 bridgehead atoms. The standard InChI is InChI=1S/C62H41NS/c1-4-15-42(16-5-1)43-27-29-44(30-28-43)45-31-36-50(37-32-45)63(58-25-14-24-56-54-22-12-13-26-59(54)64-62(56)58)51-38-33-46(34-39-51)49-35-40-53-52-21-10-11-23-55(52)60(47-17-6-2-7-18-47)61(57(53)41-49)48-19-8-3-9-20-48/h1-41H. The Labute approximate surface area is 377 Å². The predicted octanol–water partition coefficient (Wildman–Crippen LogP) is 18.2. The summed E-state index contributed by atoms with van der Waals surface area (Å²) in [4.78, 5) is 2.43. The zero-order chi connectivity index (χ0) is 42.4. The Balaban J connectivity index is 0.979. The maximum absolute atomic E-state index is 2.43. The molecular formula is C62H41NS. The van der Waals surface area contributed by atoms with Crippen LogP contribution in [0.2, 0.25) is 0 Å². The highest BCUT2D eigenvalue weighted by Gasteiger charge is 2.20. The van der Waals surface area contributed by atoms with Crippen LogP contribution < -0.4 is 4.90 Å². The van der Waals surface area contributed by atoms with Crippen LogP contribution in [0.15, 0.2) is 249 Å². The summed E-state index contributed by atoms with van der Waals surface area (Å²) in [6, 6.07) is 90.8. The van der Waals surface area contributed by atoms with Crippen LogP contribution in [0.4, 0.5) is 17.1 Å². The molecule has 0 radical (unpaired) electrons. The number of thiophene rings is 1. The lowest BCUT2D eigenvalue weighted by Gasteiger charge is -2.26. The lowest BCUT2D eigenvalue weighted by atomic mass is 9.84. The normalized spacial score (nSPS) is 11.4. The molecule has 0 unspecified atom stereocenters. The van der Waals surface area contributed by atoms with Crippen LogP contribution in [0.3, 0.4) is 0 Å². The fourth-order valence-corrected chi connectivity index (χ4v) is 10.8. The summed E-state index contributed by atoms with van der Waals surface area (Å²) in [7, 11) is 0. The summed E-state index contributed by atoms with van der Waals surface area (Å²) >= 11 is 1.86. The monoisotopic (exact) mass is 831 g/mol. The van der Waals surface area contributed by atoms with Gasteiger partial charge in [-0.05, 0) is 120 Å². The third-order valence-electron chi connectivity index (χ3n) is 12.7. The van der Waals surface area contributed by atoms with Gasteiger partial charge in [0.2, 0.25) is 0 Å². The molecule has 0 fully saturated rings. The molecule has 1 aromatic heterocycles. The summed E-state index contributed by atoms with van der Waals surface area (Å²) in [6.07, 6.45) is 0. The number of hydrogen-bond acceptors (Lipinski definition) is 2. The molecule has 12 aromatic rings. The lowest BCUT2D eigenvalue weighted by molar-refractivity contribution is 1.30. The van der Waals surface area contributed by atoms with Gasteiger partial charge in [-0.25, -0.2) is 0 Å². The van der Waals surface area contributed by atoms with Crippen molar-refractivity contribution in [2.24, 2.45) is 0 Å². The lowest BCUT2D eigenvalue weighted by Crippen LogP contribution is -2.10. The van der Waals surface area contributed by atoms with E-state index in [0.717, 1.165) is 11.4 Å². The van der Waals surface area contributed by atoms with E-state index in [1.54, 1.807) is 0 Å². The van der Waals surface area contributed by atoms with E-state index in [2.05, 4.69) is 254 Å². The molecule has 1 nitrogen and oxygen atoms in total. The van der Waals surface area contributed by atoms with Gasteiger partial charge in [-0.15, -0.1) is 11.3 Å². The first-order valence-electron chi connectivity index (χ1n) is 21.9. The van der Waals surface area contributed by atoms with Crippen molar-refractivity contribution >= 4 is 70.1 Å². The third kappa shape index (κ3) is 6.64. The molecule has 300 valence electrons. The molecule has 0 aliphatic carbocycles. The number of rotatable bonds is 8. The predicted molar refractivity (Wildman–Crippen MR) is 276 cm³/mol. The first-order chi connectivity index (χ1) is 31.7. The van der Waals surface area contributed by atoms with Crippen LogP contribution in [0.25, 0.3) is 97.4 Å². The maximum Gasteiger partial charge on any atom is 0.0640 e. The van der Waals surface area contributed by atoms with E-state index in [0.29, 0.717) is 0 Å². The van der Waals surface area contributed by atoms with Crippen LogP contribution in [0.5, 0.6) is 0 Å². The van der Waals surface area contributed by atoms with Crippen molar-refractivity contribution in [3.63, 3.8) is 0 Å². The summed E-state index contributed by atoms with van der Waals surface area (Å²) in [6.45, 7) is 0. The van der Waals surface area contributed by atoms with E-state index in [4.69, 9.17) is 0 Å². The first kappa shape index (κ1) is 37.7. The fourth-order valence-electron chi connectivity index (χ4n) is 9.61. The van der Waals surface area contributed by atoms with Gasteiger partial charge in [-0.1, -0.05) is 206 Å². The van der Waals surface area contributed by atoms with Gasteiger partial charge in [0.25, 0.3) is 0 Å². The van der Waals surface area contributed by atoms with Crippen LogP contribution >= 0.6 is 11.3 Å². The molecule has 2 heteroatoms. The average molecular weight is 832 g/mol. The Bertz CT molecular complexity index is 3610. The third-order valence-corrected chi connectivity index (χ3v) is 13.9. The molecular weight excluding hydrogens is 791 g/mol. The minimum atomic E-state index is 1.11. The van der Waals surface area contributed by atoms with Crippen molar-refractivity contribution in [3.05, 3.63) is 249 Å². The molecule has 0 aliphatic heterocycles. The zero-order valence-corrected chi connectivity index (χ0v) is 35.8.